The lowest BCUT2D eigenvalue weighted by Crippen LogP contribution is -2.61. The lowest BCUT2D eigenvalue weighted by molar-refractivity contribution is -0.155. The molecule has 1 fully saturated rings. The quantitative estimate of drug-likeness (QED) is 0.0542. The van der Waals surface area contributed by atoms with E-state index in [9.17, 15) is 58.2 Å². The monoisotopic (exact) mass is 1010 g/mol. The van der Waals surface area contributed by atoms with Crippen LogP contribution in [0.5, 0.6) is 0 Å². The van der Waals surface area contributed by atoms with E-state index in [1.54, 1.807) is 55.4 Å². The first-order valence-corrected chi connectivity index (χ1v) is 25.8. The highest BCUT2D eigenvalue weighted by atomic mass is 16.5. The molecule has 0 saturated carbocycles. The van der Waals surface area contributed by atoms with Crippen LogP contribution in [0.25, 0.3) is 0 Å². The molecule has 0 spiro atoms. The Hall–Kier alpha value is -5.30. The van der Waals surface area contributed by atoms with Gasteiger partial charge in [-0.15, -0.1) is 0 Å². The van der Waals surface area contributed by atoms with Crippen LogP contribution in [0.15, 0.2) is 0 Å². The molecule has 20 nitrogen and oxygen atoms in total. The third-order valence-electron chi connectivity index (χ3n) is 11.9. The SMILES string of the molecule is CC(C)CCCCCCCC1CC(=O)N[C@@H](CCC(=O)O)C(=O)N[C@@H](CC(C)C)C(=O)N[C@H](CC(C)C)C(=O)N[C@@H](C(C)C)C(=O)N[C@@H](CC(=O)O)C(=O)N[C@H](CC(C)C)C(=O)N[C@@H](CC(C)C)C(=O)O1. The molecule has 0 aliphatic carbocycles. The van der Waals surface area contributed by atoms with Crippen LogP contribution in [-0.4, -0.2) is 118 Å². The molecule has 1 aliphatic heterocycles. The van der Waals surface area contributed by atoms with Crippen LogP contribution in [0.3, 0.4) is 0 Å². The first kappa shape index (κ1) is 63.7. The maximum atomic E-state index is 14.2. The fraction of sp³-hybridized carbons (Fsp3) is 0.804. The number of ether oxygens (including phenoxy) is 1. The first-order valence-electron chi connectivity index (χ1n) is 25.8. The van der Waals surface area contributed by atoms with Gasteiger partial charge in [-0.2, -0.15) is 0 Å². The average Bonchev–Trinajstić information content (AvgIpc) is 3.23. The fourth-order valence-corrected chi connectivity index (χ4v) is 8.22. The van der Waals surface area contributed by atoms with Crippen molar-refractivity contribution in [2.75, 3.05) is 0 Å². The normalized spacial score (nSPS) is 24.4. The Morgan fingerprint density at radius 2 is 0.873 bits per heavy atom. The molecule has 1 unspecified atom stereocenters. The van der Waals surface area contributed by atoms with Crippen LogP contribution in [0.1, 0.15) is 179 Å². The first-order chi connectivity index (χ1) is 33.1. The number of cyclic esters (lactones) is 1. The summed E-state index contributed by atoms with van der Waals surface area (Å²) < 4.78 is 6.02. The number of unbranched alkanes of at least 4 members (excludes halogenated alkanes) is 4. The van der Waals surface area contributed by atoms with Crippen LogP contribution >= 0.6 is 0 Å². The number of carboxylic acids is 2. The number of carboxylic acid groups (broad SMARTS) is 2. The third-order valence-corrected chi connectivity index (χ3v) is 11.9. The minimum absolute atomic E-state index is 0.0387. The van der Waals surface area contributed by atoms with Crippen molar-refractivity contribution in [1.29, 1.82) is 0 Å². The average molecular weight is 1010 g/mol. The van der Waals surface area contributed by atoms with Gasteiger partial charge in [0.25, 0.3) is 0 Å². The highest BCUT2D eigenvalue weighted by molar-refractivity contribution is 5.98. The lowest BCUT2D eigenvalue weighted by Gasteiger charge is -2.29. The number of rotatable bonds is 22. The topological polar surface area (TPSA) is 305 Å². The summed E-state index contributed by atoms with van der Waals surface area (Å²) in [6.45, 7) is 21.9. The number of hydrogen-bond donors (Lipinski definition) is 9. The predicted octanol–water partition coefficient (Wildman–Crippen LogP) is 4.26. The van der Waals surface area contributed by atoms with Gasteiger partial charge >= 0.3 is 17.9 Å². The summed E-state index contributed by atoms with van der Waals surface area (Å²) in [6.07, 6.45) is 2.60. The molecule has 0 bridgehead atoms. The van der Waals surface area contributed by atoms with Gasteiger partial charge in [-0.25, -0.2) is 4.79 Å². The van der Waals surface area contributed by atoms with Crippen LogP contribution < -0.4 is 37.2 Å². The molecule has 1 aliphatic rings. The van der Waals surface area contributed by atoms with Gasteiger partial charge in [-0.05, 0) is 80.5 Å². The highest BCUT2D eigenvalue weighted by Gasteiger charge is 2.37. The van der Waals surface area contributed by atoms with Crippen LogP contribution in [0.2, 0.25) is 0 Å². The summed E-state index contributed by atoms with van der Waals surface area (Å²) in [5.41, 5.74) is 0. The second-order valence-electron chi connectivity index (χ2n) is 21.7. The van der Waals surface area contributed by atoms with Gasteiger partial charge in [-0.3, -0.25) is 43.2 Å². The Morgan fingerprint density at radius 3 is 1.32 bits per heavy atom. The van der Waals surface area contributed by atoms with Crippen molar-refractivity contribution in [3.05, 3.63) is 0 Å². The molecule has 0 radical (unpaired) electrons. The molecule has 20 heteroatoms. The molecule has 7 amide bonds. The maximum absolute atomic E-state index is 14.2. The van der Waals surface area contributed by atoms with E-state index in [-0.39, 0.29) is 62.2 Å². The van der Waals surface area contributed by atoms with E-state index in [1.165, 1.54) is 0 Å². The largest absolute Gasteiger partial charge is 0.481 e. The van der Waals surface area contributed by atoms with E-state index in [0.717, 1.165) is 32.1 Å². The standard InChI is InChI=1S/C51H89N7O13/c1-28(2)18-16-14-13-15-17-19-34-26-41(59)52-35(20-21-42(60)61)45(64)53-36(22-29(3)4)46(65)55-38(24-31(7)8)49(68)58-44(33(11)12)50(69)56-39(27-43(62)63)48(67)54-37(23-30(5)6)47(66)57-40(25-32(9)10)51(70)71-34/h28-40,44H,13-27H2,1-12H3,(H,52,59)(H,53,64)(H,54,67)(H,55,65)(H,56,69)(H,57,66)(H,58,68)(H,60,61)(H,62,63)/t34?,35-,36-,37+,38+,39-,40-,44-/m0/s1. The van der Waals surface area contributed by atoms with Crippen molar-refractivity contribution in [3.63, 3.8) is 0 Å². The van der Waals surface area contributed by atoms with E-state index in [1.807, 2.05) is 13.8 Å². The number of nitrogens with one attached hydrogen (secondary N) is 7. The highest BCUT2D eigenvalue weighted by Crippen LogP contribution is 2.19. The molecule has 1 heterocycles. The Kier molecular flexibility index (Phi) is 29.3. The number of esters is 1. The molecule has 0 aromatic heterocycles. The van der Waals surface area contributed by atoms with Gasteiger partial charge in [0.15, 0.2) is 0 Å². The van der Waals surface area contributed by atoms with E-state index in [0.29, 0.717) is 12.3 Å². The zero-order valence-electron chi connectivity index (χ0n) is 44.6. The van der Waals surface area contributed by atoms with Crippen molar-refractivity contribution < 1.29 is 62.9 Å². The van der Waals surface area contributed by atoms with Crippen molar-refractivity contribution in [3.8, 4) is 0 Å². The Bertz CT molecular complexity index is 1770. The fourth-order valence-electron chi connectivity index (χ4n) is 8.22. The van der Waals surface area contributed by atoms with Crippen molar-refractivity contribution in [2.45, 2.75) is 228 Å². The summed E-state index contributed by atoms with van der Waals surface area (Å²) in [6, 6.07) is -9.64. The molecule has 406 valence electrons. The molecular formula is C51H89N7O13. The summed E-state index contributed by atoms with van der Waals surface area (Å²) in [4.78, 5) is 136. The summed E-state index contributed by atoms with van der Waals surface area (Å²) in [7, 11) is 0. The smallest absolute Gasteiger partial charge is 0.328 e. The van der Waals surface area contributed by atoms with E-state index < -0.39 is 133 Å². The number of carbonyl (C=O) groups excluding carboxylic acids is 8. The molecule has 0 aromatic rings. The zero-order chi connectivity index (χ0) is 54.1. The molecule has 1 rings (SSSR count). The molecule has 71 heavy (non-hydrogen) atoms. The summed E-state index contributed by atoms with van der Waals surface area (Å²) in [5, 5.41) is 37.8. The second-order valence-corrected chi connectivity index (χ2v) is 21.7. The molecule has 1 saturated heterocycles. The number of hydrogen-bond acceptors (Lipinski definition) is 11. The van der Waals surface area contributed by atoms with Gasteiger partial charge in [0.1, 0.15) is 48.4 Å². The molecular weight excluding hydrogens is 919 g/mol. The maximum Gasteiger partial charge on any atom is 0.328 e. The van der Waals surface area contributed by atoms with E-state index in [4.69, 9.17) is 4.74 Å². The van der Waals surface area contributed by atoms with Crippen LogP contribution in [-0.2, 0) is 52.7 Å². The Labute approximate surface area is 421 Å². The third kappa shape index (κ3) is 26.6. The molecule has 9 N–H and O–H groups in total. The molecule has 0 aromatic carbocycles. The second kappa shape index (κ2) is 32.6. The molecule has 8 atom stereocenters. The number of aliphatic carboxylic acids is 2. The van der Waals surface area contributed by atoms with Gasteiger partial charge in [0.2, 0.25) is 41.4 Å². The lowest BCUT2D eigenvalue weighted by atomic mass is 9.98. The van der Waals surface area contributed by atoms with Gasteiger partial charge < -0.3 is 52.2 Å². The summed E-state index contributed by atoms with van der Waals surface area (Å²) in [5.74, 6) is -10.2. The minimum atomic E-state index is -1.72. The van der Waals surface area contributed by atoms with Crippen molar-refractivity contribution in [2.24, 2.45) is 35.5 Å². The summed E-state index contributed by atoms with van der Waals surface area (Å²) >= 11 is 0. The minimum Gasteiger partial charge on any atom is -0.481 e. The van der Waals surface area contributed by atoms with Crippen molar-refractivity contribution in [1.82, 2.24) is 37.2 Å². The van der Waals surface area contributed by atoms with Crippen LogP contribution in [0, 0.1) is 35.5 Å². The Morgan fingerprint density at radius 1 is 0.465 bits per heavy atom. The number of amides is 7. The predicted molar refractivity (Wildman–Crippen MR) is 267 cm³/mol. The van der Waals surface area contributed by atoms with Crippen molar-refractivity contribution >= 4 is 59.3 Å². The van der Waals surface area contributed by atoms with Crippen LogP contribution in [0.4, 0.5) is 0 Å². The van der Waals surface area contributed by atoms with Gasteiger partial charge in [0.05, 0.1) is 12.8 Å². The van der Waals surface area contributed by atoms with Gasteiger partial charge in [-0.1, -0.05) is 115 Å². The zero-order valence-corrected chi connectivity index (χ0v) is 44.6. The van der Waals surface area contributed by atoms with Gasteiger partial charge in [0, 0.05) is 6.42 Å². The Balaban J connectivity index is 4.00. The number of carbonyl (C=O) groups is 10. The van der Waals surface area contributed by atoms with E-state index >= 15 is 0 Å². The van der Waals surface area contributed by atoms with E-state index in [2.05, 4.69) is 51.1 Å².